The van der Waals surface area contributed by atoms with Crippen molar-refractivity contribution >= 4 is 43.6 Å². The zero-order chi connectivity index (χ0) is 59.7. The van der Waals surface area contributed by atoms with E-state index in [1.807, 2.05) is 72.8 Å². The first-order chi connectivity index (χ1) is 42.9. The molecule has 0 aliphatic rings. The molecule has 0 spiro atoms. The monoisotopic (exact) mass is 1130 g/mol. The summed E-state index contributed by atoms with van der Waals surface area (Å²) < 4.78 is 4.87. The van der Waals surface area contributed by atoms with Crippen LogP contribution in [-0.2, 0) is 10.8 Å². The van der Waals surface area contributed by atoms with Gasteiger partial charge >= 0.3 is 0 Å². The third-order valence-electron chi connectivity index (χ3n) is 17.0. The van der Waals surface area contributed by atoms with Gasteiger partial charge < -0.3 is 9.13 Å². The molecule has 0 aliphatic heterocycles. The average Bonchev–Trinajstić information content (AvgIpc) is 1.63. The van der Waals surface area contributed by atoms with Crippen molar-refractivity contribution in [1.29, 1.82) is 0 Å². The van der Waals surface area contributed by atoms with Crippen molar-refractivity contribution in [3.63, 3.8) is 0 Å². The molecule has 0 saturated carbocycles. The van der Waals surface area contributed by atoms with Crippen LogP contribution in [0.25, 0.3) is 146 Å². The minimum atomic E-state index is -0.0637. The lowest BCUT2D eigenvalue weighted by atomic mass is 9.86. The Kier molecular flexibility index (Phi) is 13.1. The van der Waals surface area contributed by atoms with Gasteiger partial charge in [0.2, 0.25) is 0 Å². The van der Waals surface area contributed by atoms with Crippen molar-refractivity contribution in [2.75, 3.05) is 0 Å². The number of aromatic nitrogens is 8. The van der Waals surface area contributed by atoms with Gasteiger partial charge in [-0.2, -0.15) is 0 Å². The van der Waals surface area contributed by atoms with Crippen molar-refractivity contribution in [3.8, 4) is 102 Å². The Labute approximate surface area is 512 Å². The third-order valence-corrected chi connectivity index (χ3v) is 17.0. The molecule has 15 aromatic rings. The van der Waals surface area contributed by atoms with E-state index >= 15 is 0 Å². The highest BCUT2D eigenvalue weighted by molar-refractivity contribution is 6.12. The summed E-state index contributed by atoms with van der Waals surface area (Å²) in [5.41, 5.74) is 17.9. The first-order valence-corrected chi connectivity index (χ1v) is 30.1. The molecule has 422 valence electrons. The van der Waals surface area contributed by atoms with Gasteiger partial charge in [0, 0.05) is 66.1 Å². The molecule has 88 heavy (non-hydrogen) atoms. The van der Waals surface area contributed by atoms with Gasteiger partial charge in [-0.05, 0) is 87.7 Å². The number of hydrogen-bond acceptors (Lipinski definition) is 6. The molecule has 0 N–H and O–H groups in total. The second-order valence-corrected chi connectivity index (χ2v) is 24.7. The van der Waals surface area contributed by atoms with Crippen molar-refractivity contribution < 1.29 is 0 Å². The molecule has 0 aliphatic carbocycles. The van der Waals surface area contributed by atoms with Gasteiger partial charge in [-0.25, -0.2) is 29.9 Å². The maximum absolute atomic E-state index is 5.44. The predicted octanol–water partition coefficient (Wildman–Crippen LogP) is 20.2. The second-order valence-electron chi connectivity index (χ2n) is 24.7. The van der Waals surface area contributed by atoms with Crippen LogP contribution >= 0.6 is 0 Å². The van der Waals surface area contributed by atoms with Gasteiger partial charge in [0.05, 0.1) is 33.4 Å². The smallest absolute Gasteiger partial charge is 0.164 e. The molecular formula is C80H62N8. The van der Waals surface area contributed by atoms with E-state index in [1.54, 1.807) is 0 Å². The fourth-order valence-electron chi connectivity index (χ4n) is 12.5. The van der Waals surface area contributed by atoms with Crippen LogP contribution in [0.3, 0.4) is 0 Å². The van der Waals surface area contributed by atoms with Gasteiger partial charge in [-0.1, -0.05) is 254 Å². The Morgan fingerprint density at radius 1 is 0.239 bits per heavy atom. The molecule has 15 rings (SSSR count). The Morgan fingerprint density at radius 2 is 0.534 bits per heavy atom. The zero-order valence-electron chi connectivity index (χ0n) is 50.0. The van der Waals surface area contributed by atoms with E-state index in [0.717, 1.165) is 89.1 Å². The zero-order valence-corrected chi connectivity index (χ0v) is 50.0. The van der Waals surface area contributed by atoms with Crippen LogP contribution < -0.4 is 0 Å². The van der Waals surface area contributed by atoms with Crippen LogP contribution in [0.4, 0.5) is 0 Å². The molecule has 0 bridgehead atoms. The van der Waals surface area contributed by atoms with E-state index in [2.05, 4.69) is 245 Å². The highest BCUT2D eigenvalue weighted by Crippen LogP contribution is 2.46. The Bertz CT molecular complexity index is 4710. The van der Waals surface area contributed by atoms with Crippen LogP contribution in [0.2, 0.25) is 0 Å². The Balaban J connectivity index is 1.05. The van der Waals surface area contributed by atoms with Crippen molar-refractivity contribution in [2.45, 2.75) is 52.4 Å². The molecule has 0 radical (unpaired) electrons. The first kappa shape index (κ1) is 53.7. The molecule has 0 atom stereocenters. The average molecular weight is 1140 g/mol. The number of nitrogens with zero attached hydrogens (tertiary/aromatic N) is 8. The van der Waals surface area contributed by atoms with Gasteiger partial charge in [-0.15, -0.1) is 0 Å². The van der Waals surface area contributed by atoms with E-state index in [4.69, 9.17) is 29.9 Å². The van der Waals surface area contributed by atoms with Crippen LogP contribution in [0.5, 0.6) is 0 Å². The summed E-state index contributed by atoms with van der Waals surface area (Å²) in [7, 11) is 0. The molecule has 8 heteroatoms. The number of fused-ring (bicyclic) bond motifs is 6. The molecule has 4 heterocycles. The topological polar surface area (TPSA) is 87.2 Å². The van der Waals surface area contributed by atoms with Crippen LogP contribution in [0.15, 0.2) is 267 Å². The summed E-state index contributed by atoms with van der Waals surface area (Å²) >= 11 is 0. The minimum absolute atomic E-state index is 0.0637. The highest BCUT2D eigenvalue weighted by atomic mass is 15.1. The summed E-state index contributed by atoms with van der Waals surface area (Å²) in [6.07, 6.45) is 0. The molecule has 0 fully saturated rings. The van der Waals surface area contributed by atoms with Gasteiger partial charge in [0.15, 0.2) is 34.9 Å². The predicted molar refractivity (Wildman–Crippen MR) is 363 cm³/mol. The van der Waals surface area contributed by atoms with Crippen molar-refractivity contribution in [2.24, 2.45) is 0 Å². The molecule has 11 aromatic carbocycles. The number of para-hydroxylation sites is 2. The number of rotatable bonds is 10. The van der Waals surface area contributed by atoms with Crippen molar-refractivity contribution in [3.05, 3.63) is 278 Å². The molecule has 0 amide bonds. The standard InChI is InChI=1S/C80H62N8/c1-79(2,3)57-44-46-67-63(49-57)59-36-19-21-40-65(59)87(67)69-42-24-38-61(77-83-73(51-26-11-7-12-27-51)81-74(84-77)52-28-13-8-14-29-52)71(69)55-34-23-35-56(48-55)72-62(78-85-75(53-30-15-9-16-31-53)82-76(86-78)54-32-17-10-18-33-54)39-25-43-70(72)88-66-41-22-20-37-60(66)64-50-58(80(4,5)6)45-47-68(64)88/h7-50H,1-6H3. The first-order valence-electron chi connectivity index (χ1n) is 30.1. The fraction of sp³-hybridized carbons (Fsp3) is 0.100. The van der Waals surface area contributed by atoms with E-state index in [1.165, 1.54) is 32.7 Å². The van der Waals surface area contributed by atoms with Crippen molar-refractivity contribution in [1.82, 2.24) is 39.0 Å². The summed E-state index contributed by atoms with van der Waals surface area (Å²) in [6, 6.07) is 94.4. The number of hydrogen-bond donors (Lipinski definition) is 0. The Hall–Kier alpha value is -11.0. The Morgan fingerprint density at radius 3 is 0.886 bits per heavy atom. The van der Waals surface area contributed by atoms with Gasteiger partial charge in [0.25, 0.3) is 0 Å². The quantitative estimate of drug-likeness (QED) is 0.136. The summed E-state index contributed by atoms with van der Waals surface area (Å²) in [5.74, 6) is 3.45. The SMILES string of the molecule is CC(C)(C)c1ccc2c(c1)c1ccccc1n2-c1cccc(-c2nc(-c3ccccc3)nc(-c3ccccc3)n2)c1-c1cccc(-c2c(-c3nc(-c4ccccc4)nc(-c4ccccc4)n3)cccc2-n2c3ccccc3c3cc(C(C)(C)C)ccc32)c1. The lowest BCUT2D eigenvalue weighted by Gasteiger charge is -2.22. The number of benzene rings is 11. The normalized spacial score (nSPS) is 12.0. The molecule has 0 unspecified atom stereocenters. The summed E-state index contributed by atoms with van der Waals surface area (Å²) in [5, 5.41) is 4.72. The van der Waals surface area contributed by atoms with E-state index < -0.39 is 0 Å². The maximum atomic E-state index is 5.44. The lowest BCUT2D eigenvalue weighted by Crippen LogP contribution is -2.10. The van der Waals surface area contributed by atoms with Crippen LogP contribution in [0, 0.1) is 0 Å². The van der Waals surface area contributed by atoms with Crippen LogP contribution in [-0.4, -0.2) is 39.0 Å². The summed E-state index contributed by atoms with van der Waals surface area (Å²) in [6.45, 7) is 13.7. The lowest BCUT2D eigenvalue weighted by molar-refractivity contribution is 0.591. The second kappa shape index (κ2) is 21.5. The largest absolute Gasteiger partial charge is 0.309 e. The molecular weight excluding hydrogens is 1070 g/mol. The highest BCUT2D eigenvalue weighted by Gasteiger charge is 2.27. The van der Waals surface area contributed by atoms with E-state index in [0.29, 0.717) is 34.9 Å². The summed E-state index contributed by atoms with van der Waals surface area (Å²) in [4.78, 5) is 32.1. The van der Waals surface area contributed by atoms with Gasteiger partial charge in [0.1, 0.15) is 0 Å². The third kappa shape index (κ3) is 9.60. The molecule has 0 saturated heterocycles. The molecule has 8 nitrogen and oxygen atoms in total. The van der Waals surface area contributed by atoms with Crippen LogP contribution in [0.1, 0.15) is 52.7 Å². The maximum Gasteiger partial charge on any atom is 0.164 e. The van der Waals surface area contributed by atoms with E-state index in [9.17, 15) is 0 Å². The minimum Gasteiger partial charge on any atom is -0.309 e. The molecule has 4 aromatic heterocycles. The van der Waals surface area contributed by atoms with E-state index in [-0.39, 0.29) is 10.8 Å². The fourth-order valence-corrected chi connectivity index (χ4v) is 12.5. The van der Waals surface area contributed by atoms with Gasteiger partial charge in [-0.3, -0.25) is 0 Å².